The normalized spacial score (nSPS) is 22.8. The van der Waals surface area contributed by atoms with E-state index in [0.29, 0.717) is 6.04 Å². The van der Waals surface area contributed by atoms with Crippen molar-refractivity contribution in [3.05, 3.63) is 59.4 Å². The molecule has 120 valence electrons. The van der Waals surface area contributed by atoms with Crippen LogP contribution in [-0.4, -0.2) is 22.0 Å². The number of hydrogen-bond donors (Lipinski definition) is 0. The summed E-state index contributed by atoms with van der Waals surface area (Å²) in [6.07, 6.45) is 5.36. The zero-order valence-electron chi connectivity index (χ0n) is 14.0. The zero-order chi connectivity index (χ0) is 15.9. The van der Waals surface area contributed by atoms with Gasteiger partial charge in [-0.3, -0.25) is 9.88 Å². The first kappa shape index (κ1) is 14.7. The second kappa shape index (κ2) is 5.64. The maximum absolute atomic E-state index is 5.99. The van der Waals surface area contributed by atoms with Crippen molar-refractivity contribution in [1.82, 2.24) is 9.88 Å². The molecule has 0 N–H and O–H groups in total. The van der Waals surface area contributed by atoms with E-state index in [2.05, 4.69) is 54.1 Å². The lowest BCUT2D eigenvalue weighted by Gasteiger charge is -2.24. The average Bonchev–Trinajstić information content (AvgIpc) is 3.10. The Kier molecular flexibility index (Phi) is 3.61. The van der Waals surface area contributed by atoms with E-state index in [1.165, 1.54) is 29.7 Å². The molecule has 3 heterocycles. The molecule has 2 aliphatic rings. The molecule has 1 aromatic heterocycles. The van der Waals surface area contributed by atoms with Crippen LogP contribution >= 0.6 is 0 Å². The van der Waals surface area contributed by atoms with Gasteiger partial charge in [-0.25, -0.2) is 0 Å². The Bertz CT molecular complexity index is 696. The minimum atomic E-state index is -0.0644. The summed E-state index contributed by atoms with van der Waals surface area (Å²) in [5, 5.41) is 0. The van der Waals surface area contributed by atoms with E-state index in [-0.39, 0.29) is 5.60 Å². The summed E-state index contributed by atoms with van der Waals surface area (Å²) in [6, 6.07) is 13.4. The summed E-state index contributed by atoms with van der Waals surface area (Å²) in [5.74, 6) is 1.06. The van der Waals surface area contributed by atoms with Gasteiger partial charge < -0.3 is 4.74 Å². The van der Waals surface area contributed by atoms with Crippen LogP contribution in [-0.2, 0) is 13.0 Å². The SMILES string of the molecule is CC1(C)Cc2cc(CN3CCC[C@@H]3c3ccccn3)ccc2O1. The summed E-state index contributed by atoms with van der Waals surface area (Å²) < 4.78 is 5.99. The van der Waals surface area contributed by atoms with Gasteiger partial charge in [-0.2, -0.15) is 0 Å². The van der Waals surface area contributed by atoms with Crippen molar-refractivity contribution in [3.8, 4) is 5.75 Å². The smallest absolute Gasteiger partial charge is 0.123 e. The fourth-order valence-electron chi connectivity index (χ4n) is 3.92. The molecular weight excluding hydrogens is 284 g/mol. The molecule has 0 spiro atoms. The molecule has 1 saturated heterocycles. The summed E-state index contributed by atoms with van der Waals surface area (Å²) in [7, 11) is 0. The van der Waals surface area contributed by atoms with Gasteiger partial charge in [0, 0.05) is 19.2 Å². The largest absolute Gasteiger partial charge is 0.487 e. The van der Waals surface area contributed by atoms with Gasteiger partial charge in [0.05, 0.1) is 11.7 Å². The van der Waals surface area contributed by atoms with Gasteiger partial charge in [-0.1, -0.05) is 18.2 Å². The quantitative estimate of drug-likeness (QED) is 0.852. The van der Waals surface area contributed by atoms with Gasteiger partial charge in [0.2, 0.25) is 0 Å². The van der Waals surface area contributed by atoms with E-state index in [0.717, 1.165) is 25.3 Å². The van der Waals surface area contributed by atoms with Gasteiger partial charge in [0.25, 0.3) is 0 Å². The predicted octanol–water partition coefficient (Wildman–Crippen LogP) is 4.13. The standard InChI is InChI=1S/C20H24N2O/c1-20(2)13-16-12-15(8-9-19(16)23-20)14-22-11-5-7-18(22)17-6-3-4-10-21-17/h3-4,6,8-10,12,18H,5,7,11,13-14H2,1-2H3/t18-/m1/s1. The van der Waals surface area contributed by atoms with Crippen LogP contribution in [0.15, 0.2) is 42.6 Å². The first-order valence-electron chi connectivity index (χ1n) is 8.57. The molecule has 23 heavy (non-hydrogen) atoms. The Labute approximate surface area is 138 Å². The van der Waals surface area contributed by atoms with E-state index in [4.69, 9.17) is 4.74 Å². The predicted molar refractivity (Wildman–Crippen MR) is 91.5 cm³/mol. The van der Waals surface area contributed by atoms with Crippen molar-refractivity contribution in [2.24, 2.45) is 0 Å². The molecule has 0 radical (unpaired) electrons. The molecule has 2 aromatic rings. The number of pyridine rings is 1. The summed E-state index contributed by atoms with van der Waals surface area (Å²) >= 11 is 0. The molecule has 4 rings (SSSR count). The second-order valence-electron chi connectivity index (χ2n) is 7.36. The maximum Gasteiger partial charge on any atom is 0.123 e. The highest BCUT2D eigenvalue weighted by atomic mass is 16.5. The van der Waals surface area contributed by atoms with Crippen LogP contribution in [0, 0.1) is 0 Å². The van der Waals surface area contributed by atoms with E-state index in [9.17, 15) is 0 Å². The van der Waals surface area contributed by atoms with Crippen molar-refractivity contribution in [1.29, 1.82) is 0 Å². The Morgan fingerprint density at radius 3 is 3.00 bits per heavy atom. The lowest BCUT2D eigenvalue weighted by atomic mass is 10.00. The van der Waals surface area contributed by atoms with E-state index >= 15 is 0 Å². The molecule has 0 saturated carbocycles. The molecule has 0 amide bonds. The highest BCUT2D eigenvalue weighted by Crippen LogP contribution is 2.37. The molecule has 1 fully saturated rings. The number of fused-ring (bicyclic) bond motifs is 1. The molecule has 3 heteroatoms. The van der Waals surface area contributed by atoms with Gasteiger partial charge in [-0.15, -0.1) is 0 Å². The van der Waals surface area contributed by atoms with Crippen LogP contribution in [0.1, 0.15) is 49.6 Å². The minimum absolute atomic E-state index is 0.0644. The average molecular weight is 308 g/mol. The number of ether oxygens (including phenoxy) is 1. The zero-order valence-corrected chi connectivity index (χ0v) is 14.0. The van der Waals surface area contributed by atoms with Crippen LogP contribution in [0.5, 0.6) is 5.75 Å². The van der Waals surface area contributed by atoms with Crippen molar-refractivity contribution in [2.45, 2.75) is 51.3 Å². The topological polar surface area (TPSA) is 25.4 Å². The fourth-order valence-corrected chi connectivity index (χ4v) is 3.92. The van der Waals surface area contributed by atoms with E-state index in [1.54, 1.807) is 0 Å². The van der Waals surface area contributed by atoms with E-state index < -0.39 is 0 Å². The Hall–Kier alpha value is -1.87. The number of likely N-dealkylation sites (tertiary alicyclic amines) is 1. The van der Waals surface area contributed by atoms with Crippen LogP contribution in [0.2, 0.25) is 0 Å². The third-order valence-electron chi connectivity index (χ3n) is 4.91. The van der Waals surface area contributed by atoms with E-state index in [1.807, 2.05) is 12.3 Å². The Morgan fingerprint density at radius 2 is 2.17 bits per heavy atom. The molecule has 3 nitrogen and oxygen atoms in total. The minimum Gasteiger partial charge on any atom is -0.487 e. The first-order valence-corrected chi connectivity index (χ1v) is 8.57. The molecule has 1 aromatic carbocycles. The Balaban J connectivity index is 1.52. The number of nitrogens with zero attached hydrogens (tertiary/aromatic N) is 2. The summed E-state index contributed by atoms with van der Waals surface area (Å²) in [4.78, 5) is 7.13. The highest BCUT2D eigenvalue weighted by Gasteiger charge is 2.31. The number of hydrogen-bond acceptors (Lipinski definition) is 3. The van der Waals surface area contributed by atoms with Crippen molar-refractivity contribution in [3.63, 3.8) is 0 Å². The number of benzene rings is 1. The van der Waals surface area contributed by atoms with Crippen molar-refractivity contribution in [2.75, 3.05) is 6.54 Å². The van der Waals surface area contributed by atoms with Crippen LogP contribution < -0.4 is 4.74 Å². The molecular formula is C20H24N2O. The van der Waals surface area contributed by atoms with Crippen LogP contribution in [0.25, 0.3) is 0 Å². The second-order valence-corrected chi connectivity index (χ2v) is 7.36. The Morgan fingerprint density at radius 1 is 1.26 bits per heavy atom. The van der Waals surface area contributed by atoms with Crippen molar-refractivity contribution < 1.29 is 4.74 Å². The van der Waals surface area contributed by atoms with Gasteiger partial charge in [0.15, 0.2) is 0 Å². The molecule has 0 aliphatic carbocycles. The lowest BCUT2D eigenvalue weighted by Crippen LogP contribution is -2.24. The van der Waals surface area contributed by atoms with Gasteiger partial charge in [-0.05, 0) is 62.6 Å². The van der Waals surface area contributed by atoms with Gasteiger partial charge in [0.1, 0.15) is 11.4 Å². The van der Waals surface area contributed by atoms with Gasteiger partial charge >= 0.3 is 0 Å². The first-order chi connectivity index (χ1) is 11.1. The lowest BCUT2D eigenvalue weighted by molar-refractivity contribution is 0.138. The number of rotatable bonds is 3. The van der Waals surface area contributed by atoms with Crippen LogP contribution in [0.3, 0.4) is 0 Å². The molecule has 0 bridgehead atoms. The molecule has 0 unspecified atom stereocenters. The van der Waals surface area contributed by atoms with Crippen LogP contribution in [0.4, 0.5) is 0 Å². The van der Waals surface area contributed by atoms with Crippen molar-refractivity contribution >= 4 is 0 Å². The third kappa shape index (κ3) is 2.98. The molecule has 1 atom stereocenters. The number of aromatic nitrogens is 1. The summed E-state index contributed by atoms with van der Waals surface area (Å²) in [5.41, 5.74) is 3.87. The highest BCUT2D eigenvalue weighted by molar-refractivity contribution is 5.41. The molecule has 2 aliphatic heterocycles. The fraction of sp³-hybridized carbons (Fsp3) is 0.450. The maximum atomic E-state index is 5.99. The summed E-state index contributed by atoms with van der Waals surface area (Å²) in [6.45, 7) is 6.46. The third-order valence-corrected chi connectivity index (χ3v) is 4.91. The monoisotopic (exact) mass is 308 g/mol.